The van der Waals surface area contributed by atoms with Crippen molar-refractivity contribution < 1.29 is 9.59 Å². The zero-order valence-electron chi connectivity index (χ0n) is 7.12. The second-order valence-corrected chi connectivity index (χ2v) is 2.13. The van der Waals surface area contributed by atoms with Gasteiger partial charge in [-0.15, -0.1) is 0 Å². The SMILES string of the molecule is C=C/C=C\C(=C/C)C(=O)BC=O. The lowest BCUT2D eigenvalue weighted by atomic mass is 9.72. The molecule has 12 heavy (non-hydrogen) atoms. The largest absolute Gasteiger partial charge is 0.314 e. The van der Waals surface area contributed by atoms with Gasteiger partial charge in [0.1, 0.15) is 5.68 Å². The van der Waals surface area contributed by atoms with E-state index in [1.165, 1.54) is 0 Å². The van der Waals surface area contributed by atoms with Crippen LogP contribution in [0.1, 0.15) is 6.92 Å². The van der Waals surface area contributed by atoms with E-state index in [-0.39, 0.29) is 13.0 Å². The van der Waals surface area contributed by atoms with Gasteiger partial charge >= 0.3 is 0 Å². The molecule has 0 aromatic rings. The first-order chi connectivity index (χ1) is 5.76. The predicted octanol–water partition coefficient (Wildman–Crippen LogP) is 0.828. The van der Waals surface area contributed by atoms with Crippen LogP contribution in [-0.4, -0.2) is 19.1 Å². The van der Waals surface area contributed by atoms with Crippen LogP contribution in [0.2, 0.25) is 0 Å². The van der Waals surface area contributed by atoms with Gasteiger partial charge < -0.3 is 9.59 Å². The van der Waals surface area contributed by atoms with Crippen LogP contribution < -0.4 is 0 Å². The first kappa shape index (κ1) is 10.6. The van der Waals surface area contributed by atoms with E-state index in [1.807, 2.05) is 0 Å². The monoisotopic (exact) mass is 162 g/mol. The second-order valence-electron chi connectivity index (χ2n) is 2.13. The Morgan fingerprint density at radius 1 is 1.50 bits per heavy atom. The van der Waals surface area contributed by atoms with E-state index >= 15 is 0 Å². The van der Waals surface area contributed by atoms with E-state index < -0.39 is 0 Å². The Bertz CT molecular complexity index is 239. The first-order valence-corrected chi connectivity index (χ1v) is 3.68. The van der Waals surface area contributed by atoms with Gasteiger partial charge in [-0.3, -0.25) is 0 Å². The molecule has 0 N–H and O–H groups in total. The second kappa shape index (κ2) is 6.34. The minimum atomic E-state index is -0.161. The molecule has 0 aromatic heterocycles. The van der Waals surface area contributed by atoms with Gasteiger partial charge in [-0.1, -0.05) is 30.9 Å². The molecule has 0 bridgehead atoms. The Hall–Kier alpha value is -1.38. The predicted molar refractivity (Wildman–Crippen MR) is 52.0 cm³/mol. The Kier molecular flexibility index (Phi) is 5.62. The summed E-state index contributed by atoms with van der Waals surface area (Å²) in [5.74, 6) is 0. The molecule has 0 radical (unpaired) electrons. The average molecular weight is 162 g/mol. The van der Waals surface area contributed by atoms with Crippen LogP contribution >= 0.6 is 0 Å². The van der Waals surface area contributed by atoms with Crippen LogP contribution in [0, 0.1) is 0 Å². The Morgan fingerprint density at radius 2 is 2.17 bits per heavy atom. The quantitative estimate of drug-likeness (QED) is 0.259. The molecule has 2 nitrogen and oxygen atoms in total. The summed E-state index contributed by atoms with van der Waals surface area (Å²) in [5.41, 5.74) is 0.382. The van der Waals surface area contributed by atoms with E-state index in [4.69, 9.17) is 0 Å². The fraction of sp³-hybridized carbons (Fsp3) is 0.111. The molecule has 0 heterocycles. The summed E-state index contributed by atoms with van der Waals surface area (Å²) >= 11 is 0. The van der Waals surface area contributed by atoms with E-state index in [2.05, 4.69) is 6.58 Å². The maximum Gasteiger partial charge on any atom is 0.287 e. The Morgan fingerprint density at radius 3 is 2.58 bits per heavy atom. The molecular weight excluding hydrogens is 151 g/mol. The van der Waals surface area contributed by atoms with Gasteiger partial charge in [0.25, 0.3) is 7.28 Å². The number of hydrogen-bond acceptors (Lipinski definition) is 2. The van der Waals surface area contributed by atoms with Crippen LogP contribution in [0.3, 0.4) is 0 Å². The fourth-order valence-electron chi connectivity index (χ4n) is 0.715. The molecule has 0 aromatic carbocycles. The fourth-order valence-corrected chi connectivity index (χ4v) is 0.715. The lowest BCUT2D eigenvalue weighted by Gasteiger charge is -1.93. The summed E-state index contributed by atoms with van der Waals surface area (Å²) in [5, 5.41) is 0. The minimum absolute atomic E-state index is 0.0544. The average Bonchev–Trinajstić information content (AvgIpc) is 2.06. The summed E-state index contributed by atoms with van der Waals surface area (Å²) in [7, 11) is -0.0544. The Labute approximate surface area is 72.9 Å². The maximum absolute atomic E-state index is 11.1. The van der Waals surface area contributed by atoms with Crippen molar-refractivity contribution in [1.29, 1.82) is 0 Å². The molecule has 0 aliphatic carbocycles. The van der Waals surface area contributed by atoms with E-state index in [0.717, 1.165) is 0 Å². The third kappa shape index (κ3) is 3.71. The Balaban J connectivity index is 4.36. The number of rotatable bonds is 5. The van der Waals surface area contributed by atoms with Crippen molar-refractivity contribution in [1.82, 2.24) is 0 Å². The third-order valence-electron chi connectivity index (χ3n) is 1.31. The van der Waals surface area contributed by atoms with Crippen LogP contribution in [0.15, 0.2) is 36.5 Å². The number of hydrogen-bond donors (Lipinski definition) is 0. The van der Waals surface area contributed by atoms with Crippen molar-refractivity contribution in [2.24, 2.45) is 0 Å². The highest BCUT2D eigenvalue weighted by Gasteiger charge is 2.05. The van der Waals surface area contributed by atoms with Crippen molar-refractivity contribution >= 4 is 19.1 Å². The molecule has 3 heteroatoms. The van der Waals surface area contributed by atoms with Gasteiger partial charge in [0.05, 0.1) is 6.19 Å². The van der Waals surface area contributed by atoms with Gasteiger partial charge in [0.15, 0.2) is 0 Å². The van der Waals surface area contributed by atoms with Crippen molar-refractivity contribution in [3.8, 4) is 0 Å². The van der Waals surface area contributed by atoms with Crippen molar-refractivity contribution in [2.75, 3.05) is 0 Å². The van der Waals surface area contributed by atoms with Gasteiger partial charge in [0.2, 0.25) is 0 Å². The topological polar surface area (TPSA) is 34.1 Å². The highest BCUT2D eigenvalue weighted by molar-refractivity contribution is 6.95. The summed E-state index contributed by atoms with van der Waals surface area (Å²) in [6.07, 6.45) is 7.16. The first-order valence-electron chi connectivity index (χ1n) is 3.68. The molecule has 0 aliphatic rings. The highest BCUT2D eigenvalue weighted by Crippen LogP contribution is 1.97. The van der Waals surface area contributed by atoms with E-state index in [0.29, 0.717) is 11.8 Å². The zero-order valence-corrected chi connectivity index (χ0v) is 7.12. The molecule has 0 aliphatic heterocycles. The van der Waals surface area contributed by atoms with Gasteiger partial charge in [0, 0.05) is 5.57 Å². The molecule has 0 atom stereocenters. The van der Waals surface area contributed by atoms with Crippen molar-refractivity contribution in [3.05, 3.63) is 36.5 Å². The summed E-state index contributed by atoms with van der Waals surface area (Å²) in [6, 6.07) is 0. The smallest absolute Gasteiger partial charge is 0.287 e. The molecule has 0 saturated carbocycles. The van der Waals surface area contributed by atoms with E-state index in [1.54, 1.807) is 31.2 Å². The number of carbonyl (C=O) groups is 2. The molecule has 0 saturated heterocycles. The summed E-state index contributed by atoms with van der Waals surface area (Å²) in [6.45, 7) is 5.23. The third-order valence-corrected chi connectivity index (χ3v) is 1.31. The number of carbonyl (C=O) groups excluding carboxylic acids is 2. The van der Waals surface area contributed by atoms with Crippen LogP contribution in [-0.2, 0) is 9.59 Å². The van der Waals surface area contributed by atoms with Crippen LogP contribution in [0.5, 0.6) is 0 Å². The van der Waals surface area contributed by atoms with Gasteiger partial charge in [-0.25, -0.2) is 0 Å². The molecule has 0 unspecified atom stereocenters. The van der Waals surface area contributed by atoms with E-state index in [9.17, 15) is 9.59 Å². The van der Waals surface area contributed by atoms with Crippen molar-refractivity contribution in [2.45, 2.75) is 6.92 Å². The standard InChI is InChI=1S/C9H11BO2/c1-3-5-6-8(4-2)9(12)10-7-11/h3-7,10H,1H2,2H3/b6-5-,8-4+. The molecule has 0 fully saturated rings. The highest BCUT2D eigenvalue weighted by atomic mass is 16.1. The molecular formula is C9H11BO2. The summed E-state index contributed by atoms with van der Waals surface area (Å²) < 4.78 is 0. The molecule has 0 rings (SSSR count). The van der Waals surface area contributed by atoms with Gasteiger partial charge in [-0.05, 0) is 6.92 Å². The molecule has 0 amide bonds. The zero-order chi connectivity index (χ0) is 9.40. The number of allylic oxidation sites excluding steroid dienone is 5. The van der Waals surface area contributed by atoms with Gasteiger partial charge in [-0.2, -0.15) is 0 Å². The van der Waals surface area contributed by atoms with Crippen LogP contribution in [0.4, 0.5) is 0 Å². The lowest BCUT2D eigenvalue weighted by molar-refractivity contribution is -0.108. The maximum atomic E-state index is 11.1. The van der Waals surface area contributed by atoms with Crippen molar-refractivity contribution in [3.63, 3.8) is 0 Å². The minimum Gasteiger partial charge on any atom is -0.314 e. The molecule has 62 valence electrons. The molecule has 0 spiro atoms. The summed E-state index contributed by atoms with van der Waals surface area (Å²) in [4.78, 5) is 21.1. The lowest BCUT2D eigenvalue weighted by Crippen LogP contribution is -2.11. The normalized spacial score (nSPS) is 11.2. The van der Waals surface area contributed by atoms with Crippen LogP contribution in [0.25, 0.3) is 0 Å².